The highest BCUT2D eigenvalue weighted by Crippen LogP contribution is 2.28. The number of ether oxygens (including phenoxy) is 1. The van der Waals surface area contributed by atoms with Gasteiger partial charge < -0.3 is 9.15 Å². The van der Waals surface area contributed by atoms with Gasteiger partial charge in [-0.2, -0.15) is 0 Å². The quantitative estimate of drug-likeness (QED) is 0.565. The van der Waals surface area contributed by atoms with Crippen molar-refractivity contribution in [2.75, 3.05) is 5.32 Å². The maximum absolute atomic E-state index is 12.6. The number of aromatic nitrogens is 1. The van der Waals surface area contributed by atoms with Gasteiger partial charge in [-0.3, -0.25) is 10.1 Å². The van der Waals surface area contributed by atoms with Crippen molar-refractivity contribution in [3.05, 3.63) is 77.5 Å². The van der Waals surface area contributed by atoms with E-state index in [1.165, 1.54) is 11.3 Å². The molecule has 0 spiro atoms. The van der Waals surface area contributed by atoms with Gasteiger partial charge in [-0.25, -0.2) is 4.98 Å². The molecule has 1 amide bonds. The third-order valence-electron chi connectivity index (χ3n) is 3.68. The average Bonchev–Trinajstić information content (AvgIpc) is 3.28. The van der Waals surface area contributed by atoms with Gasteiger partial charge in [0.1, 0.15) is 17.9 Å². The first kappa shape index (κ1) is 15.4. The van der Waals surface area contributed by atoms with Crippen LogP contribution in [0.1, 0.15) is 16.1 Å². The topological polar surface area (TPSA) is 64.4 Å². The molecule has 25 heavy (non-hydrogen) atoms. The number of thiazole rings is 1. The molecule has 0 aliphatic carbocycles. The number of anilines is 1. The van der Waals surface area contributed by atoms with Crippen LogP contribution in [-0.4, -0.2) is 10.9 Å². The molecule has 4 rings (SSSR count). The Balaban J connectivity index is 1.66. The molecule has 0 radical (unpaired) electrons. The predicted molar refractivity (Wildman–Crippen MR) is 97.1 cm³/mol. The first-order valence-electron chi connectivity index (χ1n) is 7.70. The van der Waals surface area contributed by atoms with Crippen molar-refractivity contribution in [2.24, 2.45) is 0 Å². The zero-order valence-electron chi connectivity index (χ0n) is 13.1. The number of hydrogen-bond donors (Lipinski definition) is 1. The van der Waals surface area contributed by atoms with E-state index in [0.29, 0.717) is 16.3 Å². The number of nitrogens with one attached hydrogen (secondary N) is 1. The van der Waals surface area contributed by atoms with Crippen LogP contribution in [0.4, 0.5) is 5.13 Å². The second-order valence-corrected chi connectivity index (χ2v) is 6.19. The molecular formula is C19H14N2O3S. The summed E-state index contributed by atoms with van der Waals surface area (Å²) < 4.78 is 11.6. The zero-order chi connectivity index (χ0) is 17.1. The largest absolute Gasteiger partial charge is 0.489 e. The number of carbonyl (C=O) groups is 1. The summed E-state index contributed by atoms with van der Waals surface area (Å²) in [7, 11) is 0. The fraction of sp³-hybridized carbons (Fsp3) is 0.0526. The van der Waals surface area contributed by atoms with E-state index in [0.717, 1.165) is 11.1 Å². The highest BCUT2D eigenvalue weighted by Gasteiger charge is 2.21. The standard InChI is InChI=1S/C19H14N2O3S/c22-18(21-19-20-10-11-25-19)17-15(12-23-13-6-2-1-3-7-13)14-8-4-5-9-16(14)24-17/h1-11H,12H2,(H,20,21,22). The SMILES string of the molecule is O=C(Nc1nccs1)c1oc2ccccc2c1COc1ccccc1. The third kappa shape index (κ3) is 3.25. The summed E-state index contributed by atoms with van der Waals surface area (Å²) in [5, 5.41) is 5.95. The fourth-order valence-corrected chi connectivity index (χ4v) is 3.06. The Morgan fingerprint density at radius 3 is 2.72 bits per heavy atom. The van der Waals surface area contributed by atoms with Crippen molar-refractivity contribution in [1.29, 1.82) is 0 Å². The number of hydrogen-bond acceptors (Lipinski definition) is 5. The van der Waals surface area contributed by atoms with E-state index in [9.17, 15) is 4.79 Å². The summed E-state index contributed by atoms with van der Waals surface area (Å²) in [6.07, 6.45) is 1.64. The Hall–Kier alpha value is -3.12. The summed E-state index contributed by atoms with van der Waals surface area (Å²) >= 11 is 1.35. The number of para-hydroxylation sites is 2. The summed E-state index contributed by atoms with van der Waals surface area (Å²) in [6.45, 7) is 0.238. The molecule has 2 aromatic carbocycles. The van der Waals surface area contributed by atoms with Gasteiger partial charge in [0.25, 0.3) is 5.91 Å². The van der Waals surface area contributed by atoms with Crippen molar-refractivity contribution in [3.8, 4) is 5.75 Å². The zero-order valence-corrected chi connectivity index (χ0v) is 14.0. The van der Waals surface area contributed by atoms with E-state index in [1.807, 2.05) is 54.6 Å². The van der Waals surface area contributed by atoms with E-state index in [-0.39, 0.29) is 18.3 Å². The fourth-order valence-electron chi connectivity index (χ4n) is 2.54. The van der Waals surface area contributed by atoms with Crippen LogP contribution < -0.4 is 10.1 Å². The van der Waals surface area contributed by atoms with Gasteiger partial charge >= 0.3 is 0 Å². The summed E-state index contributed by atoms with van der Waals surface area (Å²) in [4.78, 5) is 16.7. The molecule has 0 atom stereocenters. The van der Waals surface area contributed by atoms with E-state index in [1.54, 1.807) is 11.6 Å². The highest BCUT2D eigenvalue weighted by molar-refractivity contribution is 7.13. The Bertz CT molecular complexity index is 994. The van der Waals surface area contributed by atoms with Crippen LogP contribution in [0, 0.1) is 0 Å². The molecule has 4 aromatic rings. The maximum Gasteiger partial charge on any atom is 0.293 e. The van der Waals surface area contributed by atoms with Crippen molar-refractivity contribution in [1.82, 2.24) is 4.98 Å². The van der Waals surface area contributed by atoms with Gasteiger partial charge in [0.2, 0.25) is 0 Å². The first-order valence-corrected chi connectivity index (χ1v) is 8.58. The lowest BCUT2D eigenvalue weighted by Crippen LogP contribution is -2.13. The summed E-state index contributed by atoms with van der Waals surface area (Å²) in [5.74, 6) is 0.643. The van der Waals surface area contributed by atoms with Gasteiger partial charge in [-0.15, -0.1) is 11.3 Å². The van der Waals surface area contributed by atoms with Crippen molar-refractivity contribution in [2.45, 2.75) is 6.61 Å². The Labute approximate surface area is 147 Å². The first-order chi connectivity index (χ1) is 12.3. The minimum atomic E-state index is -0.335. The van der Waals surface area contributed by atoms with Crippen molar-refractivity contribution < 1.29 is 13.9 Å². The summed E-state index contributed by atoms with van der Waals surface area (Å²) in [6, 6.07) is 17.0. The normalized spacial score (nSPS) is 10.7. The minimum Gasteiger partial charge on any atom is -0.489 e. The number of amides is 1. The lowest BCUT2D eigenvalue weighted by molar-refractivity contribution is 0.0995. The maximum atomic E-state index is 12.6. The van der Waals surface area contributed by atoms with Crippen LogP contribution in [0.25, 0.3) is 11.0 Å². The predicted octanol–water partition coefficient (Wildman–Crippen LogP) is 4.72. The van der Waals surface area contributed by atoms with E-state index < -0.39 is 0 Å². The van der Waals surface area contributed by atoms with Gasteiger partial charge in [0.05, 0.1) is 0 Å². The molecule has 5 nitrogen and oxygen atoms in total. The molecule has 0 fully saturated rings. The van der Waals surface area contributed by atoms with Crippen molar-refractivity contribution >= 4 is 33.3 Å². The molecule has 1 N–H and O–H groups in total. The highest BCUT2D eigenvalue weighted by atomic mass is 32.1. The van der Waals surface area contributed by atoms with Gasteiger partial charge in [0.15, 0.2) is 10.9 Å². The van der Waals surface area contributed by atoms with Crippen LogP contribution in [0.5, 0.6) is 5.75 Å². The second kappa shape index (κ2) is 6.78. The Morgan fingerprint density at radius 2 is 1.92 bits per heavy atom. The lowest BCUT2D eigenvalue weighted by atomic mass is 10.1. The number of benzene rings is 2. The molecule has 2 aromatic heterocycles. The molecule has 0 unspecified atom stereocenters. The number of rotatable bonds is 5. The van der Waals surface area contributed by atoms with Crippen LogP contribution >= 0.6 is 11.3 Å². The monoisotopic (exact) mass is 350 g/mol. The van der Waals surface area contributed by atoms with Crippen LogP contribution in [0.2, 0.25) is 0 Å². The van der Waals surface area contributed by atoms with Gasteiger partial charge in [0, 0.05) is 22.5 Å². The molecule has 2 heterocycles. The molecule has 0 saturated carbocycles. The van der Waals surface area contributed by atoms with E-state index in [4.69, 9.17) is 9.15 Å². The molecule has 124 valence electrons. The van der Waals surface area contributed by atoms with E-state index >= 15 is 0 Å². The lowest BCUT2D eigenvalue weighted by Gasteiger charge is -2.06. The Morgan fingerprint density at radius 1 is 1.12 bits per heavy atom. The Kier molecular flexibility index (Phi) is 4.18. The van der Waals surface area contributed by atoms with Crippen LogP contribution in [-0.2, 0) is 6.61 Å². The van der Waals surface area contributed by atoms with Crippen LogP contribution in [0.3, 0.4) is 0 Å². The van der Waals surface area contributed by atoms with Gasteiger partial charge in [-0.05, 0) is 18.2 Å². The molecule has 0 aliphatic heterocycles. The van der Waals surface area contributed by atoms with E-state index in [2.05, 4.69) is 10.3 Å². The number of nitrogens with zero attached hydrogens (tertiary/aromatic N) is 1. The second-order valence-electron chi connectivity index (χ2n) is 5.30. The van der Waals surface area contributed by atoms with Crippen molar-refractivity contribution in [3.63, 3.8) is 0 Å². The number of carbonyl (C=O) groups excluding carboxylic acids is 1. The summed E-state index contributed by atoms with van der Waals surface area (Å²) in [5.41, 5.74) is 1.37. The average molecular weight is 350 g/mol. The molecule has 0 bridgehead atoms. The molecular weight excluding hydrogens is 336 g/mol. The number of fused-ring (bicyclic) bond motifs is 1. The van der Waals surface area contributed by atoms with Gasteiger partial charge in [-0.1, -0.05) is 36.4 Å². The third-order valence-corrected chi connectivity index (χ3v) is 4.37. The number of furan rings is 1. The minimum absolute atomic E-state index is 0.238. The molecule has 0 saturated heterocycles. The molecule has 6 heteroatoms. The molecule has 0 aliphatic rings. The smallest absolute Gasteiger partial charge is 0.293 e. The van der Waals surface area contributed by atoms with Crippen LogP contribution in [0.15, 0.2) is 70.6 Å².